The Bertz CT molecular complexity index is 977. The molecule has 0 aliphatic rings. The van der Waals surface area contributed by atoms with Gasteiger partial charge in [-0.25, -0.2) is 9.07 Å². The number of nitrogens with zero attached hydrogens (tertiary/aromatic N) is 2. The number of rotatable bonds is 6. The molecule has 1 amide bonds. The second-order valence-corrected chi connectivity index (χ2v) is 7.40. The van der Waals surface area contributed by atoms with E-state index in [0.29, 0.717) is 5.75 Å². The van der Waals surface area contributed by atoms with E-state index in [1.807, 2.05) is 32.0 Å². The number of hydrogen-bond donors (Lipinski definition) is 2. The van der Waals surface area contributed by atoms with Crippen LogP contribution in [0.2, 0.25) is 0 Å². The zero-order valence-corrected chi connectivity index (χ0v) is 16.3. The second kappa shape index (κ2) is 7.59. The van der Waals surface area contributed by atoms with E-state index in [0.717, 1.165) is 16.6 Å². The van der Waals surface area contributed by atoms with Gasteiger partial charge in [-0.3, -0.25) is 4.79 Å². The number of nitrogens with one attached hydrogen (secondary N) is 1. The van der Waals surface area contributed by atoms with E-state index in [2.05, 4.69) is 10.4 Å². The fourth-order valence-electron chi connectivity index (χ4n) is 2.69. The van der Waals surface area contributed by atoms with E-state index in [4.69, 9.17) is 4.74 Å². The molecule has 3 rings (SSSR count). The average molecular weight is 385 g/mol. The van der Waals surface area contributed by atoms with E-state index in [1.165, 1.54) is 26.0 Å². The molecule has 0 radical (unpaired) electrons. The fraction of sp³-hybridized carbons (Fsp3) is 0.333. The van der Waals surface area contributed by atoms with Gasteiger partial charge in [0.25, 0.3) is 5.91 Å². The number of benzene rings is 2. The highest BCUT2D eigenvalue weighted by molar-refractivity contribution is 5.84. The average Bonchev–Trinajstić information content (AvgIpc) is 3.04. The van der Waals surface area contributed by atoms with Crippen LogP contribution in [0, 0.1) is 5.82 Å². The maximum absolute atomic E-state index is 13.1. The molecule has 2 atom stereocenters. The number of halogens is 1. The van der Waals surface area contributed by atoms with Crippen molar-refractivity contribution in [2.45, 2.75) is 45.4 Å². The molecule has 0 spiro atoms. The SMILES string of the molecule is C[C@H](NC(=O)C(C)(C)O)[C@@H](C)Oc1ccc2c(cnn2-c2ccc(F)cc2)c1. The van der Waals surface area contributed by atoms with Crippen LogP contribution in [0.15, 0.2) is 48.7 Å². The maximum atomic E-state index is 13.1. The lowest BCUT2D eigenvalue weighted by molar-refractivity contribution is -0.137. The first-order valence-electron chi connectivity index (χ1n) is 9.09. The molecule has 28 heavy (non-hydrogen) atoms. The van der Waals surface area contributed by atoms with Gasteiger partial charge in [0.2, 0.25) is 0 Å². The van der Waals surface area contributed by atoms with Crippen molar-refractivity contribution in [1.29, 1.82) is 0 Å². The molecule has 0 saturated heterocycles. The Hall–Kier alpha value is -2.93. The van der Waals surface area contributed by atoms with Gasteiger partial charge in [-0.1, -0.05) is 0 Å². The van der Waals surface area contributed by atoms with Crippen molar-refractivity contribution in [3.63, 3.8) is 0 Å². The summed E-state index contributed by atoms with van der Waals surface area (Å²) in [7, 11) is 0. The third-order valence-electron chi connectivity index (χ3n) is 4.55. The Balaban J connectivity index is 1.74. The molecule has 7 heteroatoms. The van der Waals surface area contributed by atoms with Crippen LogP contribution < -0.4 is 10.1 Å². The number of amides is 1. The number of aromatic nitrogens is 2. The van der Waals surface area contributed by atoms with Crippen molar-refractivity contribution >= 4 is 16.8 Å². The van der Waals surface area contributed by atoms with Crippen molar-refractivity contribution < 1.29 is 19.0 Å². The van der Waals surface area contributed by atoms with E-state index >= 15 is 0 Å². The van der Waals surface area contributed by atoms with Crippen molar-refractivity contribution in [2.24, 2.45) is 0 Å². The largest absolute Gasteiger partial charge is 0.489 e. The first kappa shape index (κ1) is 19.8. The van der Waals surface area contributed by atoms with E-state index in [9.17, 15) is 14.3 Å². The molecule has 2 aromatic carbocycles. The Morgan fingerprint density at radius 1 is 1.21 bits per heavy atom. The first-order valence-corrected chi connectivity index (χ1v) is 9.09. The maximum Gasteiger partial charge on any atom is 0.251 e. The number of carbonyl (C=O) groups excluding carboxylic acids is 1. The van der Waals surface area contributed by atoms with Gasteiger partial charge in [-0.05, 0) is 70.2 Å². The molecule has 2 N–H and O–H groups in total. The van der Waals surface area contributed by atoms with Gasteiger partial charge in [0.15, 0.2) is 0 Å². The van der Waals surface area contributed by atoms with Gasteiger partial charge in [0.05, 0.1) is 23.4 Å². The van der Waals surface area contributed by atoms with E-state index in [-0.39, 0.29) is 18.0 Å². The third-order valence-corrected chi connectivity index (χ3v) is 4.55. The minimum absolute atomic E-state index is 0.295. The molecule has 0 aliphatic heterocycles. The standard InChI is InChI=1S/C21H24FN3O3/c1-13(24-20(26)21(3,4)27)14(2)28-18-9-10-19-15(11-18)12-23-25(19)17-7-5-16(22)6-8-17/h5-14,27H,1-4H3,(H,24,26)/t13-,14+/m0/s1. The van der Waals surface area contributed by atoms with Crippen LogP contribution >= 0.6 is 0 Å². The Morgan fingerprint density at radius 2 is 1.89 bits per heavy atom. The summed E-state index contributed by atoms with van der Waals surface area (Å²) in [5.41, 5.74) is 0.193. The Morgan fingerprint density at radius 3 is 2.54 bits per heavy atom. The summed E-state index contributed by atoms with van der Waals surface area (Å²) < 4.78 is 20.8. The summed E-state index contributed by atoms with van der Waals surface area (Å²) in [4.78, 5) is 11.9. The minimum Gasteiger partial charge on any atom is -0.489 e. The highest BCUT2D eigenvalue weighted by Gasteiger charge is 2.27. The third kappa shape index (κ3) is 4.31. The molecule has 3 aromatic rings. The highest BCUT2D eigenvalue weighted by atomic mass is 19.1. The lowest BCUT2D eigenvalue weighted by atomic mass is 10.1. The first-order chi connectivity index (χ1) is 13.1. The fourth-order valence-corrected chi connectivity index (χ4v) is 2.69. The molecule has 1 aromatic heterocycles. The summed E-state index contributed by atoms with van der Waals surface area (Å²) in [6, 6.07) is 11.4. The van der Waals surface area contributed by atoms with Crippen molar-refractivity contribution in [3.05, 3.63) is 54.5 Å². The van der Waals surface area contributed by atoms with Gasteiger partial charge in [0.1, 0.15) is 23.3 Å². The van der Waals surface area contributed by atoms with Crippen LogP contribution in [0.25, 0.3) is 16.6 Å². The predicted octanol–water partition coefficient (Wildman–Crippen LogP) is 3.21. The summed E-state index contributed by atoms with van der Waals surface area (Å²) in [5.74, 6) is -0.106. The van der Waals surface area contributed by atoms with Crippen molar-refractivity contribution in [2.75, 3.05) is 0 Å². The van der Waals surface area contributed by atoms with Gasteiger partial charge in [-0.15, -0.1) is 0 Å². The second-order valence-electron chi connectivity index (χ2n) is 7.40. The highest BCUT2D eigenvalue weighted by Crippen LogP contribution is 2.24. The molecule has 148 valence electrons. The minimum atomic E-state index is -1.44. The molecule has 6 nitrogen and oxygen atoms in total. The number of aliphatic hydroxyl groups is 1. The predicted molar refractivity (Wildman–Crippen MR) is 105 cm³/mol. The molecule has 0 bridgehead atoms. The summed E-state index contributed by atoms with van der Waals surface area (Å²) in [5, 5.41) is 17.7. The zero-order valence-electron chi connectivity index (χ0n) is 16.3. The van der Waals surface area contributed by atoms with Gasteiger partial charge >= 0.3 is 0 Å². The Labute approximate surface area is 162 Å². The molecular weight excluding hydrogens is 361 g/mol. The topological polar surface area (TPSA) is 76.4 Å². The van der Waals surface area contributed by atoms with Gasteiger partial charge < -0.3 is 15.2 Å². The Kier molecular flexibility index (Phi) is 5.38. The number of ether oxygens (including phenoxy) is 1. The number of fused-ring (bicyclic) bond motifs is 1. The quantitative estimate of drug-likeness (QED) is 0.683. The molecule has 0 aliphatic carbocycles. The number of hydrogen-bond acceptors (Lipinski definition) is 4. The summed E-state index contributed by atoms with van der Waals surface area (Å²) in [6.07, 6.45) is 1.41. The summed E-state index contributed by atoms with van der Waals surface area (Å²) in [6.45, 7) is 6.54. The van der Waals surface area contributed by atoms with E-state index < -0.39 is 11.5 Å². The van der Waals surface area contributed by atoms with Crippen LogP contribution in [-0.4, -0.2) is 38.5 Å². The van der Waals surface area contributed by atoms with E-state index in [1.54, 1.807) is 23.0 Å². The molecule has 0 fully saturated rings. The van der Waals surface area contributed by atoms with Gasteiger partial charge in [0, 0.05) is 5.39 Å². The smallest absolute Gasteiger partial charge is 0.251 e. The molecule has 0 saturated carbocycles. The zero-order chi connectivity index (χ0) is 20.5. The van der Waals surface area contributed by atoms with Crippen LogP contribution in [-0.2, 0) is 4.79 Å². The van der Waals surface area contributed by atoms with Crippen molar-refractivity contribution in [3.8, 4) is 11.4 Å². The lowest BCUT2D eigenvalue weighted by Gasteiger charge is -2.26. The molecule has 0 unspecified atom stereocenters. The molecular formula is C21H24FN3O3. The summed E-state index contributed by atoms with van der Waals surface area (Å²) >= 11 is 0. The monoisotopic (exact) mass is 385 g/mol. The van der Waals surface area contributed by atoms with Crippen LogP contribution in [0.3, 0.4) is 0 Å². The van der Waals surface area contributed by atoms with Gasteiger partial charge in [-0.2, -0.15) is 5.10 Å². The lowest BCUT2D eigenvalue weighted by Crippen LogP contribution is -2.50. The van der Waals surface area contributed by atoms with Crippen LogP contribution in [0.1, 0.15) is 27.7 Å². The van der Waals surface area contributed by atoms with Crippen LogP contribution in [0.4, 0.5) is 4.39 Å². The number of carbonyl (C=O) groups is 1. The van der Waals surface area contributed by atoms with Crippen LogP contribution in [0.5, 0.6) is 5.75 Å². The van der Waals surface area contributed by atoms with Crippen molar-refractivity contribution in [1.82, 2.24) is 15.1 Å². The molecule has 1 heterocycles. The normalized spacial score (nSPS) is 13.9.